The Balaban J connectivity index is 2.38. The van der Waals surface area contributed by atoms with Gasteiger partial charge in [0.15, 0.2) is 5.60 Å². The molecule has 0 aliphatic heterocycles. The molecule has 3 heteroatoms. The van der Waals surface area contributed by atoms with Crippen LogP contribution < -0.4 is 5.73 Å². The molecule has 0 bridgehead atoms. The maximum absolute atomic E-state index is 12.0. The second-order valence-corrected chi connectivity index (χ2v) is 6.34. The summed E-state index contributed by atoms with van der Waals surface area (Å²) in [5, 5.41) is 11.0. The Morgan fingerprint density at radius 2 is 1.46 bits per heavy atom. The molecule has 24 heavy (non-hydrogen) atoms. The summed E-state index contributed by atoms with van der Waals surface area (Å²) < 4.78 is 0. The minimum absolute atomic E-state index is 0.490. The number of nitrogens with two attached hydrogens (primary N) is 1. The highest BCUT2D eigenvalue weighted by molar-refractivity contribution is 5.88. The predicted molar refractivity (Wildman–Crippen MR) is 97.6 cm³/mol. The molecular weight excluding hydrogens is 298 g/mol. The Labute approximate surface area is 144 Å². The number of benzene rings is 2. The van der Waals surface area contributed by atoms with Crippen LogP contribution in [0.15, 0.2) is 54.6 Å². The normalized spacial score (nSPS) is 13.7. The van der Waals surface area contributed by atoms with Crippen molar-refractivity contribution in [3.8, 4) is 0 Å². The van der Waals surface area contributed by atoms with E-state index in [1.54, 1.807) is 24.3 Å². The van der Waals surface area contributed by atoms with E-state index in [2.05, 4.69) is 13.8 Å². The molecule has 2 aromatic carbocycles. The van der Waals surface area contributed by atoms with Crippen LogP contribution in [0.4, 0.5) is 0 Å². The van der Waals surface area contributed by atoms with E-state index in [-0.39, 0.29) is 0 Å². The first-order valence-electron chi connectivity index (χ1n) is 8.72. The number of amides is 1. The zero-order valence-corrected chi connectivity index (χ0v) is 14.5. The monoisotopic (exact) mass is 325 g/mol. The van der Waals surface area contributed by atoms with Crippen molar-refractivity contribution < 1.29 is 9.90 Å². The molecule has 0 saturated heterocycles. The molecule has 1 atom stereocenters. The molecule has 0 fully saturated rings. The van der Waals surface area contributed by atoms with E-state index in [1.807, 2.05) is 30.3 Å². The molecule has 128 valence electrons. The summed E-state index contributed by atoms with van der Waals surface area (Å²) in [6.45, 7) is 4.39. The van der Waals surface area contributed by atoms with E-state index in [0.717, 1.165) is 25.7 Å². The third kappa shape index (κ3) is 3.68. The largest absolute Gasteiger partial charge is 0.372 e. The number of carbonyl (C=O) groups excluding carboxylic acids is 1. The average molecular weight is 325 g/mol. The van der Waals surface area contributed by atoms with Gasteiger partial charge in [-0.1, -0.05) is 81.3 Å². The summed E-state index contributed by atoms with van der Waals surface area (Å²) in [5.41, 5.74) is 5.99. The predicted octanol–water partition coefficient (Wildman–Crippen LogP) is 4.09. The maximum Gasteiger partial charge on any atom is 0.258 e. The second kappa shape index (κ2) is 8.11. The van der Waals surface area contributed by atoms with Gasteiger partial charge in [-0.3, -0.25) is 4.79 Å². The summed E-state index contributed by atoms with van der Waals surface area (Å²) in [7, 11) is 0. The van der Waals surface area contributed by atoms with Gasteiger partial charge in [0, 0.05) is 0 Å². The zero-order valence-electron chi connectivity index (χ0n) is 14.5. The Morgan fingerprint density at radius 1 is 0.958 bits per heavy atom. The SMILES string of the molecule is CCCC(CCC)c1ccc(C(O)(C(N)=O)c2ccccc2)cc1. The van der Waals surface area contributed by atoms with Crippen LogP contribution in [0.2, 0.25) is 0 Å². The molecule has 2 aromatic rings. The summed E-state index contributed by atoms with van der Waals surface area (Å²) >= 11 is 0. The van der Waals surface area contributed by atoms with E-state index < -0.39 is 11.5 Å². The number of carbonyl (C=O) groups is 1. The minimum atomic E-state index is -1.80. The van der Waals surface area contributed by atoms with Gasteiger partial charge in [0.05, 0.1) is 0 Å². The molecule has 2 rings (SSSR count). The smallest absolute Gasteiger partial charge is 0.258 e. The topological polar surface area (TPSA) is 63.3 Å². The highest BCUT2D eigenvalue weighted by Crippen LogP contribution is 2.32. The van der Waals surface area contributed by atoms with Crippen molar-refractivity contribution in [2.75, 3.05) is 0 Å². The molecule has 0 aliphatic carbocycles. The molecule has 3 N–H and O–H groups in total. The van der Waals surface area contributed by atoms with Crippen molar-refractivity contribution >= 4 is 5.91 Å². The number of aliphatic hydroxyl groups is 1. The van der Waals surface area contributed by atoms with Gasteiger partial charge in [0.1, 0.15) is 0 Å². The Kier molecular flexibility index (Phi) is 6.16. The first-order valence-corrected chi connectivity index (χ1v) is 8.72. The van der Waals surface area contributed by atoms with Crippen molar-refractivity contribution in [1.29, 1.82) is 0 Å². The molecule has 0 radical (unpaired) electrons. The Hall–Kier alpha value is -2.13. The lowest BCUT2D eigenvalue weighted by atomic mass is 9.83. The van der Waals surface area contributed by atoms with Crippen LogP contribution in [0, 0.1) is 0 Å². The zero-order chi connectivity index (χ0) is 17.6. The van der Waals surface area contributed by atoms with Crippen LogP contribution in [0.1, 0.15) is 62.1 Å². The summed E-state index contributed by atoms with van der Waals surface area (Å²) in [6, 6.07) is 16.5. The molecule has 1 unspecified atom stereocenters. The Bertz CT molecular complexity index is 645. The third-order valence-electron chi connectivity index (χ3n) is 4.62. The van der Waals surface area contributed by atoms with Crippen molar-refractivity contribution in [3.05, 3.63) is 71.3 Å². The Morgan fingerprint density at radius 3 is 1.92 bits per heavy atom. The van der Waals surface area contributed by atoms with E-state index >= 15 is 0 Å². The number of hydrogen-bond donors (Lipinski definition) is 2. The first kappa shape index (κ1) is 18.2. The molecule has 0 spiro atoms. The fourth-order valence-electron chi connectivity index (χ4n) is 3.30. The van der Waals surface area contributed by atoms with Gasteiger partial charge in [-0.2, -0.15) is 0 Å². The number of primary amides is 1. The van der Waals surface area contributed by atoms with Gasteiger partial charge in [-0.05, 0) is 35.4 Å². The van der Waals surface area contributed by atoms with Crippen LogP contribution in [-0.4, -0.2) is 11.0 Å². The standard InChI is InChI=1S/C21H27NO2/c1-3-8-16(9-4-2)17-12-14-19(15-13-17)21(24,20(22)23)18-10-6-5-7-11-18/h5-7,10-16,24H,3-4,8-9H2,1-2H3,(H2,22,23). The van der Waals surface area contributed by atoms with Gasteiger partial charge < -0.3 is 10.8 Å². The lowest BCUT2D eigenvalue weighted by Crippen LogP contribution is -2.42. The molecule has 1 amide bonds. The highest BCUT2D eigenvalue weighted by Gasteiger charge is 2.38. The third-order valence-corrected chi connectivity index (χ3v) is 4.62. The summed E-state index contributed by atoms with van der Waals surface area (Å²) in [5.74, 6) is -0.243. The highest BCUT2D eigenvalue weighted by atomic mass is 16.3. The van der Waals surface area contributed by atoms with Gasteiger partial charge in [0.2, 0.25) is 0 Å². The maximum atomic E-state index is 12.0. The molecule has 0 heterocycles. The van der Waals surface area contributed by atoms with Crippen LogP contribution in [0.5, 0.6) is 0 Å². The summed E-state index contributed by atoms with van der Waals surface area (Å²) in [6.07, 6.45) is 4.57. The van der Waals surface area contributed by atoms with E-state index in [0.29, 0.717) is 17.0 Å². The first-order chi connectivity index (χ1) is 11.5. The van der Waals surface area contributed by atoms with Crippen LogP contribution in [0.3, 0.4) is 0 Å². The van der Waals surface area contributed by atoms with E-state index in [1.165, 1.54) is 5.56 Å². The van der Waals surface area contributed by atoms with Gasteiger partial charge in [-0.15, -0.1) is 0 Å². The average Bonchev–Trinajstić information content (AvgIpc) is 2.61. The fourth-order valence-corrected chi connectivity index (χ4v) is 3.30. The molecule has 0 aromatic heterocycles. The lowest BCUT2D eigenvalue weighted by Gasteiger charge is -2.26. The van der Waals surface area contributed by atoms with Crippen LogP contribution >= 0.6 is 0 Å². The molecule has 3 nitrogen and oxygen atoms in total. The molecule has 0 aliphatic rings. The number of rotatable bonds is 8. The van der Waals surface area contributed by atoms with Gasteiger partial charge in [-0.25, -0.2) is 0 Å². The summed E-state index contributed by atoms with van der Waals surface area (Å²) in [4.78, 5) is 12.0. The van der Waals surface area contributed by atoms with Crippen LogP contribution in [0.25, 0.3) is 0 Å². The van der Waals surface area contributed by atoms with Gasteiger partial charge >= 0.3 is 0 Å². The van der Waals surface area contributed by atoms with Gasteiger partial charge in [0.25, 0.3) is 5.91 Å². The van der Waals surface area contributed by atoms with Crippen LogP contribution in [-0.2, 0) is 10.4 Å². The fraction of sp³-hybridized carbons (Fsp3) is 0.381. The number of hydrogen-bond acceptors (Lipinski definition) is 2. The second-order valence-electron chi connectivity index (χ2n) is 6.34. The molecule has 0 saturated carbocycles. The molecular formula is C21H27NO2. The quantitative estimate of drug-likeness (QED) is 0.768. The van der Waals surface area contributed by atoms with E-state index in [9.17, 15) is 9.90 Å². The van der Waals surface area contributed by atoms with Crippen molar-refractivity contribution in [2.45, 2.75) is 51.0 Å². The van der Waals surface area contributed by atoms with Crippen molar-refractivity contribution in [1.82, 2.24) is 0 Å². The van der Waals surface area contributed by atoms with Crippen molar-refractivity contribution in [2.24, 2.45) is 5.73 Å². The van der Waals surface area contributed by atoms with Crippen molar-refractivity contribution in [3.63, 3.8) is 0 Å². The minimum Gasteiger partial charge on any atom is -0.372 e. The van der Waals surface area contributed by atoms with E-state index in [4.69, 9.17) is 5.73 Å². The lowest BCUT2D eigenvalue weighted by molar-refractivity contribution is -0.133.